The second kappa shape index (κ2) is 7.94. The summed E-state index contributed by atoms with van der Waals surface area (Å²) in [6.07, 6.45) is -4.55. The highest BCUT2D eigenvalue weighted by atomic mass is 32.2. The van der Waals surface area contributed by atoms with Crippen molar-refractivity contribution in [1.29, 1.82) is 0 Å². The van der Waals surface area contributed by atoms with Crippen LogP contribution in [0.1, 0.15) is 15.9 Å². The molecule has 0 aliphatic rings. The van der Waals surface area contributed by atoms with Crippen molar-refractivity contribution in [2.75, 3.05) is 13.8 Å². The average Bonchev–Trinajstić information content (AvgIpc) is 2.65. The molecule has 150 valence electrons. The maximum absolute atomic E-state index is 12.5. The number of hydrogen-bond acceptors (Lipinski definition) is 6. The second-order valence-electron chi connectivity index (χ2n) is 5.49. The van der Waals surface area contributed by atoms with Gasteiger partial charge in [0.05, 0.1) is 20.9 Å². The zero-order valence-electron chi connectivity index (χ0n) is 14.2. The SMILES string of the molecule is CN(COC(=O)c1ccc(C(F)(F)F)cc1)S(=O)(=O)c1ccc([N+](=O)[O-])cc1. The molecule has 0 aliphatic carbocycles. The van der Waals surface area contributed by atoms with Gasteiger partial charge in [0.25, 0.3) is 5.69 Å². The normalized spacial score (nSPS) is 12.0. The molecule has 0 spiro atoms. The highest BCUT2D eigenvalue weighted by Gasteiger charge is 2.30. The van der Waals surface area contributed by atoms with Crippen molar-refractivity contribution >= 4 is 21.7 Å². The fourth-order valence-electron chi connectivity index (χ4n) is 2.02. The Labute approximate surface area is 157 Å². The molecule has 0 unspecified atom stereocenters. The van der Waals surface area contributed by atoms with Gasteiger partial charge in [-0.15, -0.1) is 0 Å². The minimum Gasteiger partial charge on any atom is -0.445 e. The molecule has 0 radical (unpaired) electrons. The quantitative estimate of drug-likeness (QED) is 0.309. The molecule has 0 bridgehead atoms. The minimum absolute atomic E-state index is 0.186. The van der Waals surface area contributed by atoms with Crippen LogP contribution < -0.4 is 0 Å². The third-order valence-electron chi connectivity index (χ3n) is 3.58. The van der Waals surface area contributed by atoms with Crippen LogP contribution in [0.2, 0.25) is 0 Å². The third-order valence-corrected chi connectivity index (χ3v) is 5.38. The molecule has 0 aliphatic heterocycles. The Bertz CT molecular complexity index is 973. The van der Waals surface area contributed by atoms with Crippen LogP contribution in [0.3, 0.4) is 0 Å². The summed E-state index contributed by atoms with van der Waals surface area (Å²) in [6, 6.07) is 7.31. The summed E-state index contributed by atoms with van der Waals surface area (Å²) in [7, 11) is -2.99. The number of benzene rings is 2. The lowest BCUT2D eigenvalue weighted by Crippen LogP contribution is -2.30. The molecule has 0 amide bonds. The Morgan fingerprint density at radius 3 is 2.11 bits per heavy atom. The summed E-state index contributed by atoms with van der Waals surface area (Å²) in [5.74, 6) is -1.01. The standard InChI is InChI=1S/C16H13F3N2O6S/c1-20(28(25,26)14-8-6-13(7-9-14)21(23)24)10-27-15(22)11-2-4-12(5-3-11)16(17,18)19/h2-9H,10H2,1H3. The van der Waals surface area contributed by atoms with Gasteiger partial charge in [-0.3, -0.25) is 10.1 Å². The lowest BCUT2D eigenvalue weighted by molar-refractivity contribution is -0.384. The van der Waals surface area contributed by atoms with E-state index in [1.807, 2.05) is 0 Å². The molecule has 2 rings (SSSR count). The van der Waals surface area contributed by atoms with Crippen LogP contribution in [-0.4, -0.2) is 37.4 Å². The Kier molecular flexibility index (Phi) is 6.04. The van der Waals surface area contributed by atoms with E-state index in [0.717, 1.165) is 43.4 Å². The number of rotatable bonds is 6. The van der Waals surface area contributed by atoms with Crippen molar-refractivity contribution in [3.8, 4) is 0 Å². The number of alkyl halides is 3. The van der Waals surface area contributed by atoms with Crippen LogP contribution in [0.25, 0.3) is 0 Å². The summed E-state index contributed by atoms with van der Waals surface area (Å²) < 4.78 is 67.7. The molecule has 0 N–H and O–H groups in total. The van der Waals surface area contributed by atoms with Gasteiger partial charge in [0.2, 0.25) is 10.0 Å². The first kappa shape index (κ1) is 21.3. The first-order valence-corrected chi connectivity index (χ1v) is 8.92. The molecule has 0 aromatic heterocycles. The molecular formula is C16H13F3N2O6S. The summed E-state index contributed by atoms with van der Waals surface area (Å²) in [5, 5.41) is 10.6. The molecular weight excluding hydrogens is 405 g/mol. The van der Waals surface area contributed by atoms with E-state index < -0.39 is 39.4 Å². The first-order valence-electron chi connectivity index (χ1n) is 7.48. The Hall–Kier alpha value is -2.99. The second-order valence-corrected chi connectivity index (χ2v) is 7.53. The van der Waals surface area contributed by atoms with Gasteiger partial charge in [0, 0.05) is 19.2 Å². The predicted octanol–water partition coefficient (Wildman–Crippen LogP) is 3.05. The number of ether oxygens (including phenoxy) is 1. The number of nitro groups is 1. The lowest BCUT2D eigenvalue weighted by atomic mass is 10.1. The molecule has 2 aromatic carbocycles. The maximum atomic E-state index is 12.5. The van der Waals surface area contributed by atoms with Gasteiger partial charge in [-0.25, -0.2) is 13.2 Å². The highest BCUT2D eigenvalue weighted by molar-refractivity contribution is 7.89. The first-order chi connectivity index (χ1) is 12.9. The molecule has 28 heavy (non-hydrogen) atoms. The zero-order chi connectivity index (χ0) is 21.1. The number of halogens is 3. The zero-order valence-corrected chi connectivity index (χ0v) is 15.0. The Morgan fingerprint density at radius 1 is 1.11 bits per heavy atom. The molecule has 8 nitrogen and oxygen atoms in total. The largest absolute Gasteiger partial charge is 0.445 e. The molecule has 0 saturated heterocycles. The van der Waals surface area contributed by atoms with E-state index in [1.54, 1.807) is 0 Å². The smallest absolute Gasteiger partial charge is 0.416 e. The molecule has 12 heteroatoms. The number of carbonyl (C=O) groups is 1. The third kappa shape index (κ3) is 4.84. The van der Waals surface area contributed by atoms with Crippen LogP contribution in [-0.2, 0) is 20.9 Å². The van der Waals surface area contributed by atoms with Gasteiger partial charge in [-0.2, -0.15) is 17.5 Å². The van der Waals surface area contributed by atoms with E-state index in [1.165, 1.54) is 0 Å². The monoisotopic (exact) mass is 418 g/mol. The van der Waals surface area contributed by atoms with Crippen molar-refractivity contribution in [2.45, 2.75) is 11.1 Å². The van der Waals surface area contributed by atoms with E-state index in [0.29, 0.717) is 16.4 Å². The number of carbonyl (C=O) groups excluding carboxylic acids is 1. The van der Waals surface area contributed by atoms with E-state index in [4.69, 9.17) is 4.74 Å². The van der Waals surface area contributed by atoms with Gasteiger partial charge in [0.1, 0.15) is 0 Å². The number of nitrogens with zero attached hydrogens (tertiary/aromatic N) is 2. The Morgan fingerprint density at radius 2 is 1.64 bits per heavy atom. The van der Waals surface area contributed by atoms with Crippen LogP contribution in [0.4, 0.5) is 18.9 Å². The number of hydrogen-bond donors (Lipinski definition) is 0. The lowest BCUT2D eigenvalue weighted by Gasteiger charge is -2.17. The van der Waals surface area contributed by atoms with Gasteiger partial charge >= 0.3 is 12.1 Å². The van der Waals surface area contributed by atoms with Crippen molar-refractivity contribution in [3.63, 3.8) is 0 Å². The summed E-state index contributed by atoms with van der Waals surface area (Å²) in [6.45, 7) is -0.709. The van der Waals surface area contributed by atoms with Crippen molar-refractivity contribution in [3.05, 3.63) is 69.8 Å². The molecule has 0 fully saturated rings. The van der Waals surface area contributed by atoms with E-state index in [9.17, 15) is 36.5 Å². The van der Waals surface area contributed by atoms with E-state index >= 15 is 0 Å². The van der Waals surface area contributed by atoms with Gasteiger partial charge in [-0.1, -0.05) is 0 Å². The summed E-state index contributed by atoms with van der Waals surface area (Å²) in [5.41, 5.74) is -1.42. The minimum atomic E-state index is -4.55. The fourth-order valence-corrected chi connectivity index (χ4v) is 3.05. The van der Waals surface area contributed by atoms with Crippen LogP contribution in [0.5, 0.6) is 0 Å². The number of esters is 1. The Balaban J connectivity index is 2.04. The van der Waals surface area contributed by atoms with Crippen molar-refractivity contribution in [1.82, 2.24) is 4.31 Å². The van der Waals surface area contributed by atoms with E-state index in [-0.39, 0.29) is 16.1 Å². The number of nitro benzene ring substituents is 1. The van der Waals surface area contributed by atoms with Crippen LogP contribution >= 0.6 is 0 Å². The number of sulfonamides is 1. The topological polar surface area (TPSA) is 107 Å². The average molecular weight is 418 g/mol. The van der Waals surface area contributed by atoms with Crippen molar-refractivity contribution < 1.29 is 36.0 Å². The van der Waals surface area contributed by atoms with Gasteiger partial charge in [-0.05, 0) is 36.4 Å². The van der Waals surface area contributed by atoms with Crippen molar-refractivity contribution in [2.24, 2.45) is 0 Å². The fraction of sp³-hybridized carbons (Fsp3) is 0.188. The van der Waals surface area contributed by atoms with Gasteiger partial charge < -0.3 is 4.74 Å². The molecule has 0 atom stereocenters. The summed E-state index contributed by atoms with van der Waals surface area (Å²) in [4.78, 5) is 21.6. The highest BCUT2D eigenvalue weighted by Crippen LogP contribution is 2.29. The van der Waals surface area contributed by atoms with E-state index in [2.05, 4.69) is 0 Å². The molecule has 0 saturated carbocycles. The summed E-state index contributed by atoms with van der Waals surface area (Å²) >= 11 is 0. The van der Waals surface area contributed by atoms with Crippen LogP contribution in [0, 0.1) is 10.1 Å². The molecule has 2 aromatic rings. The maximum Gasteiger partial charge on any atom is 0.416 e. The molecule has 0 heterocycles. The van der Waals surface area contributed by atoms with Gasteiger partial charge in [0.15, 0.2) is 6.73 Å². The number of non-ortho nitro benzene ring substituents is 1. The predicted molar refractivity (Wildman–Crippen MR) is 89.8 cm³/mol. The van der Waals surface area contributed by atoms with Crippen LogP contribution in [0.15, 0.2) is 53.4 Å².